The van der Waals surface area contributed by atoms with Crippen LogP contribution in [0.15, 0.2) is 9.59 Å². The Bertz CT molecular complexity index is 435. The number of aromatic amines is 2. The lowest BCUT2D eigenvalue weighted by Gasteiger charge is -2.08. The molecule has 1 unspecified atom stereocenters. The minimum Gasteiger partial charge on any atom is -0.363 e. The normalized spacial score (nSPS) is 20.4. The zero-order valence-electron chi connectivity index (χ0n) is 8.08. The smallest absolute Gasteiger partial charge is 0.342 e. The number of thioether (sulfide) groups is 1. The molecule has 1 fully saturated rings. The molecule has 1 saturated heterocycles. The van der Waals surface area contributed by atoms with E-state index in [4.69, 9.17) is 0 Å². The predicted octanol–water partition coefficient (Wildman–Crippen LogP) is -0.234. The van der Waals surface area contributed by atoms with Gasteiger partial charge in [0.1, 0.15) is 0 Å². The van der Waals surface area contributed by atoms with Crippen molar-refractivity contribution in [3.05, 3.63) is 20.8 Å². The van der Waals surface area contributed by atoms with E-state index in [-0.39, 0.29) is 5.82 Å². The Labute approximate surface area is 89.9 Å². The third-order valence-corrected chi connectivity index (χ3v) is 3.63. The number of aromatic nitrogens is 3. The van der Waals surface area contributed by atoms with E-state index < -0.39 is 11.2 Å². The van der Waals surface area contributed by atoms with Crippen LogP contribution in [0.1, 0.15) is 12.8 Å². The minimum absolute atomic E-state index is 0.183. The maximum Gasteiger partial charge on any atom is 0.342 e. The van der Waals surface area contributed by atoms with Crippen molar-refractivity contribution < 1.29 is 0 Å². The second-order valence-corrected chi connectivity index (χ2v) is 4.78. The molecule has 82 valence electrons. The molecule has 1 atom stereocenters. The van der Waals surface area contributed by atoms with Crippen LogP contribution in [0.3, 0.4) is 0 Å². The number of hydrogen-bond acceptors (Lipinski definition) is 5. The summed E-state index contributed by atoms with van der Waals surface area (Å²) in [4.78, 5) is 24.1. The van der Waals surface area contributed by atoms with Gasteiger partial charge < -0.3 is 5.32 Å². The molecule has 1 aliphatic heterocycles. The molecular formula is C8H12N4O2S. The molecule has 0 saturated carbocycles. The lowest BCUT2D eigenvalue weighted by molar-refractivity contribution is 0.794. The quantitative estimate of drug-likeness (QED) is 0.664. The molecule has 15 heavy (non-hydrogen) atoms. The molecule has 0 aliphatic carbocycles. The van der Waals surface area contributed by atoms with Crippen molar-refractivity contribution in [1.82, 2.24) is 15.2 Å². The molecule has 1 aromatic heterocycles. The summed E-state index contributed by atoms with van der Waals surface area (Å²) in [5.74, 6) is 1.36. The van der Waals surface area contributed by atoms with Gasteiger partial charge in [0.2, 0.25) is 5.82 Å². The minimum atomic E-state index is -0.583. The fourth-order valence-corrected chi connectivity index (χ4v) is 2.68. The highest BCUT2D eigenvalue weighted by atomic mass is 32.2. The highest BCUT2D eigenvalue weighted by molar-refractivity contribution is 8.00. The Hall–Kier alpha value is -1.24. The molecule has 6 nitrogen and oxygen atoms in total. The SMILES string of the molecule is O=c1[nH]nc(NCC2CCCS2)c(=O)[nH]1. The van der Waals surface area contributed by atoms with Crippen LogP contribution in [-0.4, -0.2) is 32.7 Å². The summed E-state index contributed by atoms with van der Waals surface area (Å²) in [6, 6.07) is 0. The van der Waals surface area contributed by atoms with Crippen molar-refractivity contribution in [3.63, 3.8) is 0 Å². The maximum absolute atomic E-state index is 11.2. The van der Waals surface area contributed by atoms with Gasteiger partial charge in [-0.2, -0.15) is 11.8 Å². The molecule has 0 radical (unpaired) electrons. The van der Waals surface area contributed by atoms with Crippen LogP contribution in [0.4, 0.5) is 5.82 Å². The molecule has 2 rings (SSSR count). The lowest BCUT2D eigenvalue weighted by Crippen LogP contribution is -2.28. The van der Waals surface area contributed by atoms with Crippen molar-refractivity contribution in [1.29, 1.82) is 0 Å². The van der Waals surface area contributed by atoms with Crippen LogP contribution in [-0.2, 0) is 0 Å². The van der Waals surface area contributed by atoms with E-state index in [1.807, 2.05) is 11.8 Å². The van der Waals surface area contributed by atoms with Gasteiger partial charge in [0.15, 0.2) is 0 Å². The summed E-state index contributed by atoms with van der Waals surface area (Å²) in [7, 11) is 0. The van der Waals surface area contributed by atoms with E-state index in [0.29, 0.717) is 11.8 Å². The molecule has 0 bridgehead atoms. The molecule has 1 aromatic rings. The van der Waals surface area contributed by atoms with Gasteiger partial charge in [-0.3, -0.25) is 9.78 Å². The largest absolute Gasteiger partial charge is 0.363 e. The van der Waals surface area contributed by atoms with Gasteiger partial charge >= 0.3 is 5.69 Å². The Morgan fingerprint density at radius 3 is 3.07 bits per heavy atom. The number of rotatable bonds is 3. The number of hydrogen-bond donors (Lipinski definition) is 3. The van der Waals surface area contributed by atoms with Gasteiger partial charge in [-0.1, -0.05) is 0 Å². The van der Waals surface area contributed by atoms with E-state index >= 15 is 0 Å². The van der Waals surface area contributed by atoms with Crippen molar-refractivity contribution in [2.45, 2.75) is 18.1 Å². The second-order valence-electron chi connectivity index (χ2n) is 3.37. The first-order valence-electron chi connectivity index (χ1n) is 4.80. The predicted molar refractivity (Wildman–Crippen MR) is 59.4 cm³/mol. The summed E-state index contributed by atoms with van der Waals surface area (Å²) in [6.45, 7) is 0.715. The molecule has 0 spiro atoms. The fourth-order valence-electron chi connectivity index (χ4n) is 1.48. The fraction of sp³-hybridized carbons (Fsp3) is 0.625. The van der Waals surface area contributed by atoms with E-state index in [0.717, 1.165) is 0 Å². The maximum atomic E-state index is 11.2. The molecule has 0 aromatic carbocycles. The van der Waals surface area contributed by atoms with Gasteiger partial charge in [0.25, 0.3) is 5.56 Å². The number of nitrogens with one attached hydrogen (secondary N) is 3. The van der Waals surface area contributed by atoms with Crippen LogP contribution in [0.2, 0.25) is 0 Å². The van der Waals surface area contributed by atoms with Gasteiger partial charge in [-0.25, -0.2) is 9.89 Å². The summed E-state index contributed by atoms with van der Waals surface area (Å²) >= 11 is 1.90. The van der Waals surface area contributed by atoms with Crippen LogP contribution >= 0.6 is 11.8 Å². The lowest BCUT2D eigenvalue weighted by atomic mass is 10.2. The number of anilines is 1. The molecule has 7 heteroatoms. The molecule has 1 aliphatic rings. The molecule has 2 heterocycles. The average molecular weight is 228 g/mol. The standard InChI is InChI=1S/C8H12N4O2S/c13-7-6(11-12-8(14)10-7)9-4-5-2-1-3-15-5/h5H,1-4H2,(H,9,11)(H2,10,12,13,14). The van der Waals surface area contributed by atoms with E-state index in [9.17, 15) is 9.59 Å². The Morgan fingerprint density at radius 1 is 1.53 bits per heavy atom. The van der Waals surface area contributed by atoms with Crippen molar-refractivity contribution >= 4 is 17.6 Å². The second kappa shape index (κ2) is 4.52. The Morgan fingerprint density at radius 2 is 2.40 bits per heavy atom. The summed E-state index contributed by atoms with van der Waals surface area (Å²) in [5.41, 5.74) is -1.05. The monoisotopic (exact) mass is 228 g/mol. The van der Waals surface area contributed by atoms with Gasteiger partial charge in [-0.15, -0.1) is 5.10 Å². The molecular weight excluding hydrogens is 216 g/mol. The summed E-state index contributed by atoms with van der Waals surface area (Å²) < 4.78 is 0. The third kappa shape index (κ3) is 2.62. The highest BCUT2D eigenvalue weighted by Crippen LogP contribution is 2.25. The Balaban J connectivity index is 1.98. The van der Waals surface area contributed by atoms with E-state index in [1.165, 1.54) is 18.6 Å². The van der Waals surface area contributed by atoms with Gasteiger partial charge in [0, 0.05) is 11.8 Å². The van der Waals surface area contributed by atoms with Crippen molar-refractivity contribution in [3.8, 4) is 0 Å². The zero-order valence-corrected chi connectivity index (χ0v) is 8.89. The third-order valence-electron chi connectivity index (χ3n) is 2.23. The van der Waals surface area contributed by atoms with E-state index in [1.54, 1.807) is 0 Å². The van der Waals surface area contributed by atoms with Crippen LogP contribution in [0, 0.1) is 0 Å². The van der Waals surface area contributed by atoms with Crippen LogP contribution < -0.4 is 16.6 Å². The van der Waals surface area contributed by atoms with Gasteiger partial charge in [0.05, 0.1) is 0 Å². The zero-order chi connectivity index (χ0) is 10.7. The average Bonchev–Trinajstić information content (AvgIpc) is 2.69. The molecule has 3 N–H and O–H groups in total. The summed E-state index contributed by atoms with van der Waals surface area (Å²) in [6.07, 6.45) is 2.39. The number of H-pyrrole nitrogens is 2. The van der Waals surface area contributed by atoms with Gasteiger partial charge in [-0.05, 0) is 18.6 Å². The first-order valence-corrected chi connectivity index (χ1v) is 5.85. The topological polar surface area (TPSA) is 90.6 Å². The van der Waals surface area contributed by atoms with E-state index in [2.05, 4.69) is 20.5 Å². The highest BCUT2D eigenvalue weighted by Gasteiger charge is 2.15. The summed E-state index contributed by atoms with van der Waals surface area (Å²) in [5, 5.41) is 9.30. The van der Waals surface area contributed by atoms with Crippen LogP contribution in [0.25, 0.3) is 0 Å². The Kier molecular flexibility index (Phi) is 3.10. The van der Waals surface area contributed by atoms with Crippen molar-refractivity contribution in [2.75, 3.05) is 17.6 Å². The van der Waals surface area contributed by atoms with Crippen LogP contribution in [0.5, 0.6) is 0 Å². The first kappa shape index (κ1) is 10.3. The number of nitrogens with zero attached hydrogens (tertiary/aromatic N) is 1. The first-order chi connectivity index (χ1) is 7.25. The van der Waals surface area contributed by atoms with Crippen molar-refractivity contribution in [2.24, 2.45) is 0 Å². The molecule has 0 amide bonds.